The lowest BCUT2D eigenvalue weighted by Crippen LogP contribution is -2.43. The predicted octanol–water partition coefficient (Wildman–Crippen LogP) is 1.84. The summed E-state index contributed by atoms with van der Waals surface area (Å²) in [5, 5.41) is 10.8. The van der Waals surface area contributed by atoms with Crippen LogP contribution >= 0.6 is 0 Å². The van der Waals surface area contributed by atoms with Gasteiger partial charge in [-0.2, -0.15) is 5.10 Å². The van der Waals surface area contributed by atoms with E-state index in [4.69, 9.17) is 0 Å². The average Bonchev–Trinajstić information content (AvgIpc) is 2.73. The second-order valence-electron chi connectivity index (χ2n) is 4.37. The Balaban J connectivity index is 1.77. The van der Waals surface area contributed by atoms with Crippen molar-refractivity contribution in [3.63, 3.8) is 0 Å². The Morgan fingerprint density at radius 2 is 2.00 bits per heavy atom. The van der Waals surface area contributed by atoms with Crippen LogP contribution in [0.3, 0.4) is 0 Å². The van der Waals surface area contributed by atoms with Crippen LogP contribution in [-0.2, 0) is 6.42 Å². The van der Waals surface area contributed by atoms with Crippen molar-refractivity contribution in [1.82, 2.24) is 15.5 Å². The lowest BCUT2D eigenvalue weighted by molar-refractivity contribution is 0.344. The quantitative estimate of drug-likeness (QED) is 0.816. The van der Waals surface area contributed by atoms with Crippen molar-refractivity contribution in [2.45, 2.75) is 6.42 Å². The molecule has 2 heterocycles. The van der Waals surface area contributed by atoms with Gasteiger partial charge in [-0.15, -0.1) is 0 Å². The molecule has 2 aromatic rings. The fraction of sp³-hybridized carbons (Fsp3) is 0.308. The molecule has 1 aliphatic heterocycles. The second kappa shape index (κ2) is 4.10. The van der Waals surface area contributed by atoms with E-state index in [2.05, 4.69) is 33.7 Å². The van der Waals surface area contributed by atoms with Crippen LogP contribution in [0.25, 0.3) is 11.3 Å². The van der Waals surface area contributed by atoms with Gasteiger partial charge in [0, 0.05) is 11.3 Å². The molecular formula is C13H15N3. The van der Waals surface area contributed by atoms with Crippen molar-refractivity contribution in [2.75, 3.05) is 13.1 Å². The topological polar surface area (TPSA) is 40.7 Å². The van der Waals surface area contributed by atoms with Gasteiger partial charge in [0.1, 0.15) is 0 Å². The van der Waals surface area contributed by atoms with E-state index in [9.17, 15) is 0 Å². The van der Waals surface area contributed by atoms with Gasteiger partial charge in [0.05, 0.1) is 5.69 Å². The average molecular weight is 213 g/mol. The molecule has 0 radical (unpaired) electrons. The molecule has 3 heteroatoms. The number of rotatable bonds is 3. The Hall–Kier alpha value is -1.61. The highest BCUT2D eigenvalue weighted by Gasteiger charge is 2.18. The molecule has 0 aliphatic carbocycles. The minimum absolute atomic E-state index is 0.782. The number of hydrogen-bond donors (Lipinski definition) is 2. The maximum atomic E-state index is 4.35. The van der Waals surface area contributed by atoms with E-state index in [1.165, 1.54) is 11.3 Å². The molecule has 0 saturated carbocycles. The molecule has 1 fully saturated rings. The molecule has 1 saturated heterocycles. The van der Waals surface area contributed by atoms with E-state index in [0.717, 1.165) is 31.1 Å². The summed E-state index contributed by atoms with van der Waals surface area (Å²) in [6, 6.07) is 12.4. The maximum Gasteiger partial charge on any atom is 0.0923 e. The van der Waals surface area contributed by atoms with Crippen molar-refractivity contribution in [1.29, 1.82) is 0 Å². The molecule has 1 aliphatic rings. The fourth-order valence-electron chi connectivity index (χ4n) is 2.03. The summed E-state index contributed by atoms with van der Waals surface area (Å²) < 4.78 is 0. The van der Waals surface area contributed by atoms with E-state index < -0.39 is 0 Å². The van der Waals surface area contributed by atoms with Crippen LogP contribution in [0.1, 0.15) is 5.69 Å². The predicted molar refractivity (Wildman–Crippen MR) is 64.1 cm³/mol. The monoisotopic (exact) mass is 213 g/mol. The fourth-order valence-corrected chi connectivity index (χ4v) is 2.03. The van der Waals surface area contributed by atoms with E-state index in [0.29, 0.717) is 0 Å². The zero-order chi connectivity index (χ0) is 10.8. The van der Waals surface area contributed by atoms with E-state index in [-0.39, 0.29) is 0 Å². The number of nitrogens with zero attached hydrogens (tertiary/aromatic N) is 1. The third-order valence-corrected chi connectivity index (χ3v) is 3.08. The second-order valence-corrected chi connectivity index (χ2v) is 4.37. The molecule has 0 atom stereocenters. The Kier molecular flexibility index (Phi) is 2.46. The Labute approximate surface area is 94.9 Å². The van der Waals surface area contributed by atoms with E-state index >= 15 is 0 Å². The van der Waals surface area contributed by atoms with Gasteiger partial charge < -0.3 is 5.32 Å². The number of aromatic amines is 1. The van der Waals surface area contributed by atoms with Gasteiger partial charge in [0.15, 0.2) is 0 Å². The minimum atomic E-state index is 0.782. The molecule has 16 heavy (non-hydrogen) atoms. The SMILES string of the molecule is c1ccc(-c2cc(CC3CNC3)[nH]n2)cc1. The van der Waals surface area contributed by atoms with Crippen molar-refractivity contribution in [3.05, 3.63) is 42.1 Å². The molecule has 0 unspecified atom stereocenters. The van der Waals surface area contributed by atoms with Crippen LogP contribution in [0.5, 0.6) is 0 Å². The Morgan fingerprint density at radius 3 is 2.69 bits per heavy atom. The van der Waals surface area contributed by atoms with Gasteiger partial charge in [-0.25, -0.2) is 0 Å². The molecule has 82 valence electrons. The lowest BCUT2D eigenvalue weighted by atomic mass is 9.97. The molecule has 0 bridgehead atoms. The minimum Gasteiger partial charge on any atom is -0.316 e. The normalized spacial score (nSPS) is 16.0. The van der Waals surface area contributed by atoms with Crippen LogP contribution in [0.15, 0.2) is 36.4 Å². The number of hydrogen-bond acceptors (Lipinski definition) is 2. The zero-order valence-corrected chi connectivity index (χ0v) is 9.11. The van der Waals surface area contributed by atoms with Gasteiger partial charge in [-0.3, -0.25) is 5.10 Å². The van der Waals surface area contributed by atoms with Crippen molar-refractivity contribution >= 4 is 0 Å². The third kappa shape index (κ3) is 1.86. The van der Waals surface area contributed by atoms with Crippen LogP contribution in [0, 0.1) is 5.92 Å². The van der Waals surface area contributed by atoms with Crippen molar-refractivity contribution < 1.29 is 0 Å². The van der Waals surface area contributed by atoms with Gasteiger partial charge >= 0.3 is 0 Å². The maximum absolute atomic E-state index is 4.35. The summed E-state index contributed by atoms with van der Waals surface area (Å²) in [4.78, 5) is 0. The van der Waals surface area contributed by atoms with Gasteiger partial charge in [0.25, 0.3) is 0 Å². The summed E-state index contributed by atoms with van der Waals surface area (Å²) in [7, 11) is 0. The highest BCUT2D eigenvalue weighted by molar-refractivity contribution is 5.58. The first kappa shape index (κ1) is 9.60. The molecule has 3 rings (SSSR count). The van der Waals surface area contributed by atoms with E-state index in [1.807, 2.05) is 18.2 Å². The molecular weight excluding hydrogens is 198 g/mol. The summed E-state index contributed by atoms with van der Waals surface area (Å²) >= 11 is 0. The molecule has 0 amide bonds. The van der Waals surface area contributed by atoms with Crippen molar-refractivity contribution in [3.8, 4) is 11.3 Å². The van der Waals surface area contributed by atoms with Crippen molar-refractivity contribution in [2.24, 2.45) is 5.92 Å². The summed E-state index contributed by atoms with van der Waals surface area (Å²) in [6.07, 6.45) is 1.10. The highest BCUT2D eigenvalue weighted by Crippen LogP contribution is 2.19. The molecule has 1 aromatic heterocycles. The number of aromatic nitrogens is 2. The Morgan fingerprint density at radius 1 is 1.19 bits per heavy atom. The number of benzene rings is 1. The molecule has 1 aromatic carbocycles. The first-order valence-corrected chi connectivity index (χ1v) is 5.72. The summed E-state index contributed by atoms with van der Waals surface area (Å²) in [5.74, 6) is 0.782. The molecule has 3 nitrogen and oxygen atoms in total. The van der Waals surface area contributed by atoms with Gasteiger partial charge in [-0.05, 0) is 31.5 Å². The number of nitrogens with one attached hydrogen (secondary N) is 2. The van der Waals surface area contributed by atoms with Crippen LogP contribution in [-0.4, -0.2) is 23.3 Å². The first-order valence-electron chi connectivity index (χ1n) is 5.72. The van der Waals surface area contributed by atoms with Crippen LogP contribution in [0.4, 0.5) is 0 Å². The largest absolute Gasteiger partial charge is 0.316 e. The standard InChI is InChI=1S/C13H15N3/c1-2-4-11(5-3-1)13-7-12(15-16-13)6-10-8-14-9-10/h1-5,7,10,14H,6,8-9H2,(H,15,16). The van der Waals surface area contributed by atoms with Gasteiger partial charge in [-0.1, -0.05) is 30.3 Å². The van der Waals surface area contributed by atoms with Crippen LogP contribution in [0.2, 0.25) is 0 Å². The molecule has 2 N–H and O–H groups in total. The van der Waals surface area contributed by atoms with Gasteiger partial charge in [0.2, 0.25) is 0 Å². The Bertz CT molecular complexity index is 457. The van der Waals surface area contributed by atoms with Crippen LogP contribution < -0.4 is 5.32 Å². The summed E-state index contributed by atoms with van der Waals surface area (Å²) in [5.41, 5.74) is 3.46. The first-order chi connectivity index (χ1) is 7.92. The number of H-pyrrole nitrogens is 1. The summed E-state index contributed by atoms with van der Waals surface area (Å²) in [6.45, 7) is 2.28. The third-order valence-electron chi connectivity index (χ3n) is 3.08. The highest BCUT2D eigenvalue weighted by atomic mass is 15.1. The van der Waals surface area contributed by atoms with E-state index in [1.54, 1.807) is 0 Å². The molecule has 0 spiro atoms. The zero-order valence-electron chi connectivity index (χ0n) is 9.11. The lowest BCUT2D eigenvalue weighted by Gasteiger charge is -2.26. The smallest absolute Gasteiger partial charge is 0.0923 e.